The second-order valence-electron chi connectivity index (χ2n) is 7.69. The molecule has 6 bridgehead atoms. The lowest BCUT2D eigenvalue weighted by Gasteiger charge is -2.19. The van der Waals surface area contributed by atoms with E-state index in [1.807, 2.05) is 32.0 Å². The Balaban J connectivity index is 1.55. The Bertz CT molecular complexity index is 824. The van der Waals surface area contributed by atoms with Crippen LogP contribution in [0.4, 0.5) is 16.3 Å². The van der Waals surface area contributed by atoms with E-state index in [9.17, 15) is 4.79 Å². The molecule has 150 valence electrons. The number of fused-ring (bicyclic) bond motifs is 7. The van der Waals surface area contributed by atoms with Crippen molar-refractivity contribution in [1.82, 2.24) is 20.5 Å². The summed E-state index contributed by atoms with van der Waals surface area (Å²) in [5.74, 6) is 1.08. The van der Waals surface area contributed by atoms with Gasteiger partial charge in [0.2, 0.25) is 0 Å². The summed E-state index contributed by atoms with van der Waals surface area (Å²) in [4.78, 5) is 16.6. The van der Waals surface area contributed by atoms with Gasteiger partial charge in [-0.25, -0.2) is 4.79 Å². The van der Waals surface area contributed by atoms with Gasteiger partial charge in [0.05, 0.1) is 11.8 Å². The first kappa shape index (κ1) is 18.7. The van der Waals surface area contributed by atoms with Gasteiger partial charge < -0.3 is 20.1 Å². The van der Waals surface area contributed by atoms with Crippen molar-refractivity contribution in [3.8, 4) is 0 Å². The van der Waals surface area contributed by atoms with Crippen LogP contribution in [0, 0.1) is 0 Å². The Kier molecular flexibility index (Phi) is 5.47. The first-order chi connectivity index (χ1) is 13.6. The molecule has 4 atom stereocenters. The van der Waals surface area contributed by atoms with E-state index < -0.39 is 0 Å². The number of hydrogen-bond donors (Lipinski definition) is 3. The molecule has 2 aliphatic rings. The number of alkyl carbamates (subject to hydrolysis) is 1. The number of carbonyl (C=O) groups is 1. The number of carbonyl (C=O) groups excluding carboxylic acids is 1. The Labute approximate surface area is 164 Å². The van der Waals surface area contributed by atoms with Gasteiger partial charge in [-0.05, 0) is 51.7 Å². The lowest BCUT2D eigenvalue weighted by molar-refractivity contribution is 0.0552. The highest BCUT2D eigenvalue weighted by molar-refractivity contribution is 5.67. The molecule has 1 aliphatic heterocycles. The fourth-order valence-electron chi connectivity index (χ4n) is 3.80. The van der Waals surface area contributed by atoms with Gasteiger partial charge in [0, 0.05) is 42.2 Å². The van der Waals surface area contributed by atoms with Crippen LogP contribution in [0.3, 0.4) is 0 Å². The number of nitrogens with one attached hydrogen (secondary N) is 3. The molecule has 3 N–H and O–H groups in total. The Morgan fingerprint density at radius 3 is 2.96 bits per heavy atom. The zero-order chi connectivity index (χ0) is 19.5. The summed E-state index contributed by atoms with van der Waals surface area (Å²) in [7, 11) is 0. The van der Waals surface area contributed by atoms with E-state index in [1.54, 1.807) is 6.20 Å². The van der Waals surface area contributed by atoms with E-state index in [2.05, 4.69) is 25.8 Å². The molecule has 1 saturated carbocycles. The summed E-state index contributed by atoms with van der Waals surface area (Å²) in [5, 5.41) is 13.7. The van der Waals surface area contributed by atoms with Crippen LogP contribution >= 0.6 is 0 Å². The molecule has 0 unspecified atom stereocenters. The third kappa shape index (κ3) is 4.44. The minimum Gasteiger partial charge on any atom is -0.446 e. The monoisotopic (exact) mass is 385 g/mol. The van der Waals surface area contributed by atoms with Crippen LogP contribution in [0.5, 0.6) is 0 Å². The molecular weight excluding hydrogens is 358 g/mol. The number of rotatable bonds is 0. The van der Waals surface area contributed by atoms with Crippen molar-refractivity contribution in [2.75, 3.05) is 11.9 Å². The molecule has 0 aromatic carbocycles. The minimum absolute atomic E-state index is 0.0214. The van der Waals surface area contributed by atoms with E-state index in [1.165, 1.54) is 0 Å². The van der Waals surface area contributed by atoms with Crippen LogP contribution in [-0.2, 0) is 9.47 Å². The molecule has 4 rings (SSSR count). The number of H-pyrrole nitrogens is 1. The summed E-state index contributed by atoms with van der Waals surface area (Å²) >= 11 is 0. The van der Waals surface area contributed by atoms with Crippen molar-refractivity contribution in [2.45, 2.75) is 63.7 Å². The van der Waals surface area contributed by atoms with Crippen molar-refractivity contribution in [1.29, 1.82) is 0 Å². The highest BCUT2D eigenvalue weighted by Crippen LogP contribution is 2.36. The molecular formula is C20H27N5O3. The summed E-state index contributed by atoms with van der Waals surface area (Å²) in [5.41, 5.74) is 2.84. The summed E-state index contributed by atoms with van der Waals surface area (Å²) in [6, 6.07) is 5.90. The molecule has 0 spiro atoms. The van der Waals surface area contributed by atoms with Crippen LogP contribution in [0.25, 0.3) is 0 Å². The molecule has 8 nitrogen and oxygen atoms in total. The lowest BCUT2D eigenvalue weighted by atomic mass is 10.0. The van der Waals surface area contributed by atoms with Crippen molar-refractivity contribution < 1.29 is 14.3 Å². The number of hydrogen-bond acceptors (Lipinski definition) is 6. The van der Waals surface area contributed by atoms with Crippen LogP contribution in [0.1, 0.15) is 62.9 Å². The molecule has 3 heterocycles. The number of aromatic nitrogens is 3. The van der Waals surface area contributed by atoms with Gasteiger partial charge in [0.25, 0.3) is 0 Å². The zero-order valence-corrected chi connectivity index (χ0v) is 16.3. The standard InChI is InChI=1S/C20H27N5O3/c1-12-6-8-27-13(2)17-10-15(5-7-21-17)23-19-11-18(24-25-19)14-3-4-16(9-14)28-20(26)22-12/h5,7,10-14,16H,3-4,6,8-9H2,1-2H3,(H,22,26)(H2,23,24,25)/t12-,13-,14+,16-/m1/s1. The second kappa shape index (κ2) is 8.18. The van der Waals surface area contributed by atoms with Gasteiger partial charge in [0.1, 0.15) is 6.10 Å². The summed E-state index contributed by atoms with van der Waals surface area (Å²) < 4.78 is 11.5. The number of anilines is 2. The first-order valence-corrected chi connectivity index (χ1v) is 9.94. The van der Waals surface area contributed by atoms with Crippen molar-refractivity contribution >= 4 is 17.6 Å². The predicted octanol–water partition coefficient (Wildman–Crippen LogP) is 3.78. The van der Waals surface area contributed by atoms with Crippen LogP contribution in [0.15, 0.2) is 24.4 Å². The fraction of sp³-hybridized carbons (Fsp3) is 0.550. The Morgan fingerprint density at radius 2 is 2.07 bits per heavy atom. The van der Waals surface area contributed by atoms with Gasteiger partial charge in [-0.15, -0.1) is 0 Å². The molecule has 1 fully saturated rings. The van der Waals surface area contributed by atoms with Gasteiger partial charge in [0.15, 0.2) is 5.82 Å². The van der Waals surface area contributed by atoms with E-state index in [4.69, 9.17) is 9.47 Å². The number of aromatic amines is 1. The highest BCUT2D eigenvalue weighted by Gasteiger charge is 2.30. The molecule has 0 saturated heterocycles. The van der Waals surface area contributed by atoms with E-state index >= 15 is 0 Å². The average molecular weight is 385 g/mol. The van der Waals surface area contributed by atoms with Crippen LogP contribution in [-0.4, -0.2) is 40.0 Å². The van der Waals surface area contributed by atoms with Gasteiger partial charge >= 0.3 is 6.09 Å². The first-order valence-electron chi connectivity index (χ1n) is 9.94. The van der Waals surface area contributed by atoms with Gasteiger partial charge in [-0.3, -0.25) is 10.1 Å². The topological polar surface area (TPSA) is 101 Å². The molecule has 2 aromatic heterocycles. The fourth-order valence-corrected chi connectivity index (χ4v) is 3.80. The van der Waals surface area contributed by atoms with Crippen molar-refractivity contribution in [3.05, 3.63) is 35.8 Å². The summed E-state index contributed by atoms with van der Waals surface area (Å²) in [6.07, 6.45) is 4.56. The number of amides is 1. The quantitative estimate of drug-likeness (QED) is 0.638. The largest absolute Gasteiger partial charge is 0.446 e. The lowest BCUT2D eigenvalue weighted by Crippen LogP contribution is -2.35. The van der Waals surface area contributed by atoms with Crippen LogP contribution in [0.2, 0.25) is 0 Å². The maximum atomic E-state index is 12.2. The average Bonchev–Trinajstić information content (AvgIpc) is 3.30. The molecule has 1 amide bonds. The van der Waals surface area contributed by atoms with Crippen molar-refractivity contribution in [3.63, 3.8) is 0 Å². The van der Waals surface area contributed by atoms with E-state index in [0.29, 0.717) is 18.9 Å². The normalized spacial score (nSPS) is 28.4. The summed E-state index contributed by atoms with van der Waals surface area (Å²) in [6.45, 7) is 4.46. The van der Waals surface area contributed by atoms with Gasteiger partial charge in [-0.2, -0.15) is 5.10 Å². The Hall–Kier alpha value is -2.61. The van der Waals surface area contributed by atoms with E-state index in [0.717, 1.165) is 42.2 Å². The maximum Gasteiger partial charge on any atom is 0.407 e. The van der Waals surface area contributed by atoms with Crippen molar-refractivity contribution in [2.24, 2.45) is 0 Å². The third-order valence-electron chi connectivity index (χ3n) is 5.45. The Morgan fingerprint density at radius 1 is 1.18 bits per heavy atom. The smallest absolute Gasteiger partial charge is 0.407 e. The number of ether oxygens (including phenoxy) is 2. The predicted molar refractivity (Wildman–Crippen MR) is 105 cm³/mol. The highest BCUT2D eigenvalue weighted by atomic mass is 16.6. The number of pyridine rings is 1. The number of nitrogens with zero attached hydrogens (tertiary/aromatic N) is 2. The minimum atomic E-state index is -0.353. The maximum absolute atomic E-state index is 12.2. The third-order valence-corrected chi connectivity index (χ3v) is 5.45. The zero-order valence-electron chi connectivity index (χ0n) is 16.3. The van der Waals surface area contributed by atoms with E-state index in [-0.39, 0.29) is 24.3 Å². The molecule has 28 heavy (non-hydrogen) atoms. The second-order valence-corrected chi connectivity index (χ2v) is 7.69. The SMILES string of the molecule is C[C@@H]1CCO[C@H](C)c2cc(ccn2)Nc2cc([nH]n2)[C@H]2CC[C@H](C2)OC(=O)N1. The van der Waals surface area contributed by atoms with Gasteiger partial charge in [-0.1, -0.05) is 0 Å². The molecule has 2 aromatic rings. The molecule has 0 radical (unpaired) electrons. The molecule has 8 heteroatoms. The van der Waals surface area contributed by atoms with Crippen LogP contribution < -0.4 is 10.6 Å². The molecule has 1 aliphatic carbocycles.